The zero-order chi connectivity index (χ0) is 15.1. The van der Waals surface area contributed by atoms with Crippen LogP contribution < -0.4 is 4.74 Å². The molecule has 20 heavy (non-hydrogen) atoms. The van der Waals surface area contributed by atoms with E-state index in [1.807, 2.05) is 13.8 Å². The molecule has 0 bridgehead atoms. The van der Waals surface area contributed by atoms with Gasteiger partial charge in [-0.2, -0.15) is 0 Å². The molecule has 0 atom stereocenters. The number of benzene rings is 1. The SMILES string of the molecule is CC(C)COCCOc1cc(C(=O)O)ccc1[N+](=O)[O-]. The second kappa shape index (κ2) is 7.44. The zero-order valence-corrected chi connectivity index (χ0v) is 11.4. The van der Waals surface area contributed by atoms with Crippen molar-refractivity contribution in [3.05, 3.63) is 33.9 Å². The van der Waals surface area contributed by atoms with Gasteiger partial charge in [0.05, 0.1) is 17.1 Å². The number of hydrogen-bond acceptors (Lipinski definition) is 5. The molecule has 1 aromatic carbocycles. The van der Waals surface area contributed by atoms with E-state index in [-0.39, 0.29) is 30.2 Å². The Kier molecular flexibility index (Phi) is 5.92. The van der Waals surface area contributed by atoms with Gasteiger partial charge in [0.1, 0.15) is 6.61 Å². The van der Waals surface area contributed by atoms with Gasteiger partial charge in [-0.25, -0.2) is 4.79 Å². The Balaban J connectivity index is 2.68. The lowest BCUT2D eigenvalue weighted by atomic mass is 10.2. The predicted molar refractivity (Wildman–Crippen MR) is 71.2 cm³/mol. The normalized spacial score (nSPS) is 10.6. The number of carbonyl (C=O) groups is 1. The van der Waals surface area contributed by atoms with Crippen LogP contribution in [0.2, 0.25) is 0 Å². The van der Waals surface area contributed by atoms with Crippen LogP contribution in [0.3, 0.4) is 0 Å². The van der Waals surface area contributed by atoms with E-state index in [4.69, 9.17) is 14.6 Å². The molecule has 1 aromatic rings. The highest BCUT2D eigenvalue weighted by Gasteiger charge is 2.17. The minimum atomic E-state index is -1.17. The van der Waals surface area contributed by atoms with Crippen molar-refractivity contribution in [1.82, 2.24) is 0 Å². The Bertz CT molecular complexity index is 486. The fraction of sp³-hybridized carbons (Fsp3) is 0.462. The fourth-order valence-corrected chi connectivity index (χ4v) is 1.44. The summed E-state index contributed by atoms with van der Waals surface area (Å²) in [7, 11) is 0. The maximum absolute atomic E-state index is 10.8. The van der Waals surface area contributed by atoms with Gasteiger partial charge in [0.2, 0.25) is 0 Å². The van der Waals surface area contributed by atoms with Crippen LogP contribution in [-0.2, 0) is 4.74 Å². The Morgan fingerprint density at radius 3 is 2.65 bits per heavy atom. The van der Waals surface area contributed by atoms with Gasteiger partial charge in [-0.1, -0.05) is 13.8 Å². The van der Waals surface area contributed by atoms with Crippen molar-refractivity contribution in [3.63, 3.8) is 0 Å². The monoisotopic (exact) mass is 283 g/mol. The van der Waals surface area contributed by atoms with Gasteiger partial charge < -0.3 is 14.6 Å². The summed E-state index contributed by atoms with van der Waals surface area (Å²) in [5.41, 5.74) is -0.326. The van der Waals surface area contributed by atoms with Crippen molar-refractivity contribution < 1.29 is 24.3 Å². The molecule has 0 unspecified atom stereocenters. The van der Waals surface area contributed by atoms with Crippen LogP contribution in [0.25, 0.3) is 0 Å². The molecule has 0 saturated carbocycles. The van der Waals surface area contributed by atoms with E-state index >= 15 is 0 Å². The Labute approximate surface area is 116 Å². The predicted octanol–water partition coefficient (Wildman–Crippen LogP) is 2.34. The number of rotatable bonds is 8. The maximum atomic E-state index is 10.8. The first-order chi connectivity index (χ1) is 9.41. The van der Waals surface area contributed by atoms with E-state index in [0.29, 0.717) is 12.5 Å². The summed E-state index contributed by atoms with van der Waals surface area (Å²) < 4.78 is 10.5. The van der Waals surface area contributed by atoms with Gasteiger partial charge in [0.15, 0.2) is 5.75 Å². The average molecular weight is 283 g/mol. The van der Waals surface area contributed by atoms with Gasteiger partial charge in [-0.15, -0.1) is 0 Å². The summed E-state index contributed by atoms with van der Waals surface area (Å²) in [6.07, 6.45) is 0. The number of ether oxygens (including phenoxy) is 2. The average Bonchev–Trinajstić information content (AvgIpc) is 2.37. The number of nitro benzene ring substituents is 1. The molecule has 0 fully saturated rings. The van der Waals surface area contributed by atoms with Crippen molar-refractivity contribution in [3.8, 4) is 5.75 Å². The van der Waals surface area contributed by atoms with Crippen molar-refractivity contribution in [2.75, 3.05) is 19.8 Å². The Morgan fingerprint density at radius 1 is 1.40 bits per heavy atom. The molecule has 0 aliphatic heterocycles. The first kappa shape index (κ1) is 15.9. The summed E-state index contributed by atoms with van der Waals surface area (Å²) in [5.74, 6) is -0.844. The molecular weight excluding hydrogens is 266 g/mol. The molecule has 0 aromatic heterocycles. The Hall–Kier alpha value is -2.15. The standard InChI is InChI=1S/C13H17NO6/c1-9(2)8-19-5-6-20-12-7-10(13(15)16)3-4-11(12)14(17)18/h3-4,7,9H,5-6,8H2,1-2H3,(H,15,16). The van der Waals surface area contributed by atoms with Gasteiger partial charge in [-0.05, 0) is 12.0 Å². The Morgan fingerprint density at radius 2 is 2.10 bits per heavy atom. The molecule has 1 rings (SSSR count). The highest BCUT2D eigenvalue weighted by molar-refractivity contribution is 5.88. The van der Waals surface area contributed by atoms with Gasteiger partial charge in [0, 0.05) is 18.7 Å². The lowest BCUT2D eigenvalue weighted by molar-refractivity contribution is -0.385. The first-order valence-electron chi connectivity index (χ1n) is 6.14. The number of nitrogens with zero attached hydrogens (tertiary/aromatic N) is 1. The largest absolute Gasteiger partial charge is 0.484 e. The summed E-state index contributed by atoms with van der Waals surface area (Å²) in [6, 6.07) is 3.43. The second-order valence-corrected chi connectivity index (χ2v) is 4.56. The summed E-state index contributed by atoms with van der Waals surface area (Å²) in [5, 5.41) is 19.7. The van der Waals surface area contributed by atoms with Gasteiger partial charge in [-0.3, -0.25) is 10.1 Å². The molecule has 0 heterocycles. The van der Waals surface area contributed by atoms with E-state index in [2.05, 4.69) is 0 Å². The molecule has 110 valence electrons. The van der Waals surface area contributed by atoms with E-state index in [0.717, 1.165) is 12.1 Å². The lowest BCUT2D eigenvalue weighted by Gasteiger charge is -2.09. The van der Waals surface area contributed by atoms with Crippen molar-refractivity contribution in [2.24, 2.45) is 5.92 Å². The summed E-state index contributed by atoms with van der Waals surface area (Å²) >= 11 is 0. The fourth-order valence-electron chi connectivity index (χ4n) is 1.44. The minimum Gasteiger partial charge on any atom is -0.484 e. The van der Waals surface area contributed by atoms with Gasteiger partial charge >= 0.3 is 11.7 Å². The third-order valence-electron chi connectivity index (χ3n) is 2.34. The van der Waals surface area contributed by atoms with Crippen LogP contribution in [0.15, 0.2) is 18.2 Å². The number of aromatic carboxylic acids is 1. The van der Waals surface area contributed by atoms with Crippen LogP contribution in [0.4, 0.5) is 5.69 Å². The molecule has 0 saturated heterocycles. The molecular formula is C13H17NO6. The van der Waals surface area contributed by atoms with Crippen LogP contribution in [0.1, 0.15) is 24.2 Å². The number of carboxylic acids is 1. The quantitative estimate of drug-likeness (QED) is 0.446. The van der Waals surface area contributed by atoms with Crippen LogP contribution in [0, 0.1) is 16.0 Å². The molecule has 7 nitrogen and oxygen atoms in total. The highest BCUT2D eigenvalue weighted by Crippen LogP contribution is 2.27. The second-order valence-electron chi connectivity index (χ2n) is 4.56. The summed E-state index contributed by atoms with van der Waals surface area (Å²) in [6.45, 7) is 4.98. The third kappa shape index (κ3) is 4.85. The smallest absolute Gasteiger partial charge is 0.335 e. The number of nitro groups is 1. The summed E-state index contributed by atoms with van der Waals surface area (Å²) in [4.78, 5) is 21.0. The van der Waals surface area contributed by atoms with Crippen LogP contribution >= 0.6 is 0 Å². The molecule has 0 radical (unpaired) electrons. The third-order valence-corrected chi connectivity index (χ3v) is 2.34. The minimum absolute atomic E-state index is 0.0614. The molecule has 0 aliphatic rings. The molecule has 0 aliphatic carbocycles. The lowest BCUT2D eigenvalue weighted by Crippen LogP contribution is -2.11. The van der Waals surface area contributed by atoms with Crippen LogP contribution in [-0.4, -0.2) is 35.8 Å². The van der Waals surface area contributed by atoms with Crippen LogP contribution in [0.5, 0.6) is 5.75 Å². The highest BCUT2D eigenvalue weighted by atomic mass is 16.6. The molecule has 7 heteroatoms. The maximum Gasteiger partial charge on any atom is 0.335 e. The van der Waals surface area contributed by atoms with Gasteiger partial charge in [0.25, 0.3) is 0 Å². The molecule has 1 N–H and O–H groups in total. The first-order valence-corrected chi connectivity index (χ1v) is 6.14. The van der Waals surface area contributed by atoms with Crippen molar-refractivity contribution in [2.45, 2.75) is 13.8 Å². The van der Waals surface area contributed by atoms with E-state index < -0.39 is 10.9 Å². The number of carboxylic acid groups (broad SMARTS) is 1. The number of hydrogen-bond donors (Lipinski definition) is 1. The van der Waals surface area contributed by atoms with E-state index in [9.17, 15) is 14.9 Å². The van der Waals surface area contributed by atoms with Crippen molar-refractivity contribution in [1.29, 1.82) is 0 Å². The van der Waals surface area contributed by atoms with E-state index in [1.54, 1.807) is 0 Å². The topological polar surface area (TPSA) is 98.9 Å². The molecule has 0 amide bonds. The zero-order valence-electron chi connectivity index (χ0n) is 11.4. The van der Waals surface area contributed by atoms with Crippen molar-refractivity contribution >= 4 is 11.7 Å². The molecule has 0 spiro atoms. The van der Waals surface area contributed by atoms with E-state index in [1.165, 1.54) is 6.07 Å².